The lowest BCUT2D eigenvalue weighted by Gasteiger charge is -2.33. The summed E-state index contributed by atoms with van der Waals surface area (Å²) in [6.45, 7) is 10.9. The van der Waals surface area contributed by atoms with Crippen LogP contribution in [-0.4, -0.2) is 55.5 Å². The monoisotopic (exact) mass is 569 g/mol. The van der Waals surface area contributed by atoms with Gasteiger partial charge in [0, 0.05) is 30.4 Å². The molecule has 3 rings (SSSR count). The summed E-state index contributed by atoms with van der Waals surface area (Å²) in [7, 11) is 0. The average Bonchev–Trinajstić information content (AvgIpc) is 2.93. The Morgan fingerprint density at radius 3 is 2.37 bits per heavy atom. The summed E-state index contributed by atoms with van der Waals surface area (Å²) in [6, 6.07) is 10.3. The van der Waals surface area contributed by atoms with Crippen molar-refractivity contribution < 1.29 is 32.9 Å². The van der Waals surface area contributed by atoms with Gasteiger partial charge in [0.15, 0.2) is 17.6 Å². The highest BCUT2D eigenvalue weighted by Gasteiger charge is 2.29. The van der Waals surface area contributed by atoms with Crippen molar-refractivity contribution in [1.82, 2.24) is 4.90 Å². The van der Waals surface area contributed by atoms with Crippen molar-refractivity contribution in [1.29, 1.82) is 5.26 Å². The number of esters is 1. The fraction of sp³-hybridized carbons (Fsp3) is 0.516. The number of ether oxygens (including phenoxy) is 4. The minimum Gasteiger partial charge on any atom is -0.494 e. The number of halogens is 1. The summed E-state index contributed by atoms with van der Waals surface area (Å²) in [5, 5.41) is 12.1. The number of benzene rings is 2. The van der Waals surface area contributed by atoms with Gasteiger partial charge >= 0.3 is 12.1 Å². The van der Waals surface area contributed by atoms with Crippen LogP contribution in [0.5, 0.6) is 11.5 Å². The van der Waals surface area contributed by atoms with E-state index in [1.807, 2.05) is 33.8 Å². The summed E-state index contributed by atoms with van der Waals surface area (Å²) >= 11 is 0. The topological polar surface area (TPSA) is 110 Å². The lowest BCUT2D eigenvalue weighted by Crippen LogP contribution is -2.41. The van der Waals surface area contributed by atoms with E-state index in [0.29, 0.717) is 49.0 Å². The van der Waals surface area contributed by atoms with Gasteiger partial charge in [-0.15, -0.1) is 0 Å². The van der Waals surface area contributed by atoms with Gasteiger partial charge in [-0.05, 0) is 90.1 Å². The molecule has 9 nitrogen and oxygen atoms in total. The van der Waals surface area contributed by atoms with Crippen molar-refractivity contribution in [3.05, 3.63) is 53.3 Å². The van der Waals surface area contributed by atoms with E-state index in [1.54, 1.807) is 36.1 Å². The Labute approximate surface area is 241 Å². The van der Waals surface area contributed by atoms with Crippen LogP contribution in [0.1, 0.15) is 71.0 Å². The molecule has 1 aliphatic rings. The number of anilines is 1. The van der Waals surface area contributed by atoms with Crippen molar-refractivity contribution in [3.63, 3.8) is 0 Å². The first-order valence-electron chi connectivity index (χ1n) is 14.0. The molecule has 0 saturated carbocycles. The molecule has 41 heavy (non-hydrogen) atoms. The highest BCUT2D eigenvalue weighted by molar-refractivity contribution is 5.81. The third kappa shape index (κ3) is 9.27. The van der Waals surface area contributed by atoms with E-state index in [2.05, 4.69) is 5.32 Å². The number of carbonyl (C=O) groups excluding carboxylic acids is 2. The summed E-state index contributed by atoms with van der Waals surface area (Å²) in [5.41, 5.74) is 0.465. The van der Waals surface area contributed by atoms with E-state index >= 15 is 4.39 Å². The fourth-order valence-electron chi connectivity index (χ4n) is 4.52. The van der Waals surface area contributed by atoms with Gasteiger partial charge in [0.25, 0.3) is 0 Å². The highest BCUT2D eigenvalue weighted by atomic mass is 19.1. The Balaban J connectivity index is 1.72. The maximum absolute atomic E-state index is 15.9. The molecule has 1 unspecified atom stereocenters. The molecule has 1 N–H and O–H groups in total. The third-order valence-electron chi connectivity index (χ3n) is 6.56. The van der Waals surface area contributed by atoms with Gasteiger partial charge in [-0.1, -0.05) is 0 Å². The largest absolute Gasteiger partial charge is 0.494 e. The predicted octanol–water partition coefficient (Wildman–Crippen LogP) is 6.23. The molecule has 2 aromatic rings. The normalized spacial score (nSPS) is 14.5. The van der Waals surface area contributed by atoms with Crippen LogP contribution >= 0.6 is 0 Å². The summed E-state index contributed by atoms with van der Waals surface area (Å²) in [4.78, 5) is 27.0. The molecule has 0 aromatic heterocycles. The van der Waals surface area contributed by atoms with E-state index in [1.165, 1.54) is 12.1 Å². The van der Waals surface area contributed by atoms with Crippen molar-refractivity contribution in [3.8, 4) is 17.6 Å². The molecule has 222 valence electrons. The van der Waals surface area contributed by atoms with Gasteiger partial charge in [-0.3, -0.25) is 0 Å². The first kappa shape index (κ1) is 31.5. The minimum atomic E-state index is -1.18. The van der Waals surface area contributed by atoms with E-state index in [0.717, 1.165) is 12.8 Å². The standard InChI is InChI=1S/C31H40FN3O6/c1-6-38-24-18-25(28(29(36)39-7-2)34-23-10-8-22(20-33)9-11-23)27(32)26(19-24)40-17-14-21-12-15-35(16-13-21)30(37)41-31(3,4)5/h8-11,18-19,21,28,34H,6-7,12-17H2,1-5H3. The summed E-state index contributed by atoms with van der Waals surface area (Å²) < 4.78 is 38.2. The molecule has 0 aliphatic carbocycles. The zero-order valence-corrected chi connectivity index (χ0v) is 24.5. The van der Waals surface area contributed by atoms with Crippen LogP contribution in [0.25, 0.3) is 0 Å². The number of nitrogens with one attached hydrogen (secondary N) is 1. The van der Waals surface area contributed by atoms with Crippen molar-refractivity contribution in [2.45, 2.75) is 65.5 Å². The van der Waals surface area contributed by atoms with E-state index in [9.17, 15) is 9.59 Å². The third-order valence-corrected chi connectivity index (χ3v) is 6.56. The molecule has 1 atom stereocenters. The molecule has 1 aliphatic heterocycles. The maximum Gasteiger partial charge on any atom is 0.410 e. The molecule has 1 fully saturated rings. The number of nitrogens with zero attached hydrogens (tertiary/aromatic N) is 2. The second kappa shape index (κ2) is 14.6. The molecule has 1 heterocycles. The van der Waals surface area contributed by atoms with Gasteiger partial charge < -0.3 is 29.2 Å². The summed E-state index contributed by atoms with van der Waals surface area (Å²) in [6.07, 6.45) is 1.98. The van der Waals surface area contributed by atoms with E-state index in [-0.39, 0.29) is 30.6 Å². The average molecular weight is 570 g/mol. The Hall–Kier alpha value is -4.00. The lowest BCUT2D eigenvalue weighted by atomic mass is 9.94. The van der Waals surface area contributed by atoms with E-state index in [4.69, 9.17) is 24.2 Å². The smallest absolute Gasteiger partial charge is 0.410 e. The van der Waals surface area contributed by atoms with Crippen LogP contribution in [0.2, 0.25) is 0 Å². The molecule has 0 bridgehead atoms. The molecule has 10 heteroatoms. The van der Waals surface area contributed by atoms with Crippen LogP contribution in [0.3, 0.4) is 0 Å². The van der Waals surface area contributed by atoms with Gasteiger partial charge in [0.2, 0.25) is 0 Å². The lowest BCUT2D eigenvalue weighted by molar-refractivity contribution is -0.144. The van der Waals surface area contributed by atoms with E-state index < -0.39 is 23.4 Å². The number of rotatable bonds is 11. The second-order valence-corrected chi connectivity index (χ2v) is 10.8. The second-order valence-electron chi connectivity index (χ2n) is 10.8. The van der Waals surface area contributed by atoms with Crippen molar-refractivity contribution in [2.75, 3.05) is 38.2 Å². The Morgan fingerprint density at radius 2 is 1.78 bits per heavy atom. The first-order chi connectivity index (χ1) is 19.5. The zero-order valence-electron chi connectivity index (χ0n) is 24.5. The highest BCUT2D eigenvalue weighted by Crippen LogP contribution is 2.34. The number of likely N-dealkylation sites (tertiary alicyclic amines) is 1. The van der Waals surface area contributed by atoms with Gasteiger partial charge in [-0.25, -0.2) is 14.0 Å². The Kier molecular flexibility index (Phi) is 11.2. The number of piperidine rings is 1. The van der Waals surface area contributed by atoms with Crippen LogP contribution < -0.4 is 14.8 Å². The molecular formula is C31H40FN3O6. The molecule has 1 saturated heterocycles. The first-order valence-corrected chi connectivity index (χ1v) is 14.0. The predicted molar refractivity (Wildman–Crippen MR) is 152 cm³/mol. The van der Waals surface area contributed by atoms with Crippen molar-refractivity contribution in [2.24, 2.45) is 5.92 Å². The number of hydrogen-bond donors (Lipinski definition) is 1. The van der Waals surface area contributed by atoms with Crippen LogP contribution in [0, 0.1) is 23.1 Å². The summed E-state index contributed by atoms with van der Waals surface area (Å²) in [5.74, 6) is -0.690. The zero-order chi connectivity index (χ0) is 30.0. The number of nitriles is 1. The Bertz CT molecular complexity index is 1210. The number of amides is 1. The van der Waals surface area contributed by atoms with Crippen molar-refractivity contribution >= 4 is 17.7 Å². The fourth-order valence-corrected chi connectivity index (χ4v) is 4.52. The van der Waals surface area contributed by atoms with Crippen LogP contribution in [-0.2, 0) is 14.3 Å². The SMILES string of the molecule is CCOC(=O)C(Nc1ccc(C#N)cc1)c1cc(OCC)cc(OCCC2CCN(C(=O)OC(C)(C)C)CC2)c1F. The maximum atomic E-state index is 15.9. The van der Waals surface area contributed by atoms with Gasteiger partial charge in [0.05, 0.1) is 31.5 Å². The molecular weight excluding hydrogens is 529 g/mol. The molecule has 1 amide bonds. The van der Waals surface area contributed by atoms with Crippen LogP contribution in [0.4, 0.5) is 14.9 Å². The van der Waals surface area contributed by atoms with Gasteiger partial charge in [-0.2, -0.15) is 5.26 Å². The molecule has 0 spiro atoms. The minimum absolute atomic E-state index is 0.0203. The molecule has 2 aromatic carbocycles. The van der Waals surface area contributed by atoms with Gasteiger partial charge in [0.1, 0.15) is 11.4 Å². The number of carbonyl (C=O) groups is 2. The molecule has 0 radical (unpaired) electrons. The van der Waals surface area contributed by atoms with Crippen LogP contribution in [0.15, 0.2) is 36.4 Å². The Morgan fingerprint density at radius 1 is 1.10 bits per heavy atom. The number of hydrogen-bond acceptors (Lipinski definition) is 8. The quantitative estimate of drug-likeness (QED) is 0.317.